The van der Waals surface area contributed by atoms with E-state index in [9.17, 15) is 4.79 Å². The first-order valence-electron chi connectivity index (χ1n) is 8.66. The first-order valence-corrected chi connectivity index (χ1v) is 9.04. The Hall–Kier alpha value is -2.04. The fraction of sp³-hybridized carbons (Fsp3) is 0.381. The summed E-state index contributed by atoms with van der Waals surface area (Å²) >= 11 is 5.90. The summed E-state index contributed by atoms with van der Waals surface area (Å²) in [5.41, 5.74) is 1.52. The van der Waals surface area contributed by atoms with Gasteiger partial charge in [0.2, 0.25) is 0 Å². The molecule has 0 aliphatic carbocycles. The van der Waals surface area contributed by atoms with E-state index < -0.39 is 0 Å². The van der Waals surface area contributed by atoms with E-state index in [1.54, 1.807) is 6.07 Å². The zero-order chi connectivity index (χ0) is 19.2. The molecule has 0 unspecified atom stereocenters. The van der Waals surface area contributed by atoms with Crippen LogP contribution in [-0.2, 0) is 6.61 Å². The largest absolute Gasteiger partial charge is 0.488 e. The Morgan fingerprint density at radius 1 is 1.12 bits per heavy atom. The van der Waals surface area contributed by atoms with E-state index in [0.29, 0.717) is 29.5 Å². The lowest BCUT2D eigenvalue weighted by molar-refractivity contribution is 0.0924. The van der Waals surface area contributed by atoms with Crippen molar-refractivity contribution in [3.8, 4) is 5.75 Å². The van der Waals surface area contributed by atoms with Gasteiger partial charge in [-0.3, -0.25) is 4.79 Å². The lowest BCUT2D eigenvalue weighted by atomic mass is 9.93. The second kappa shape index (κ2) is 9.06. The van der Waals surface area contributed by atoms with Gasteiger partial charge in [0.25, 0.3) is 5.91 Å². The van der Waals surface area contributed by atoms with E-state index in [1.807, 2.05) is 56.6 Å². The van der Waals surface area contributed by atoms with E-state index in [2.05, 4.69) is 24.1 Å². The fourth-order valence-electron chi connectivity index (χ4n) is 2.85. The van der Waals surface area contributed by atoms with Crippen LogP contribution in [0.15, 0.2) is 48.5 Å². The van der Waals surface area contributed by atoms with Gasteiger partial charge in [0.05, 0.1) is 5.56 Å². The number of halogens is 1. The second-order valence-electron chi connectivity index (χ2n) is 7.50. The number of amides is 1. The smallest absolute Gasteiger partial charge is 0.255 e. The second-order valence-corrected chi connectivity index (χ2v) is 7.93. The zero-order valence-corrected chi connectivity index (χ0v) is 16.6. The van der Waals surface area contributed by atoms with Crippen molar-refractivity contribution in [2.75, 3.05) is 27.2 Å². The molecule has 0 saturated carbocycles. The van der Waals surface area contributed by atoms with Gasteiger partial charge in [0.15, 0.2) is 0 Å². The number of rotatable bonds is 8. The predicted octanol–water partition coefficient (Wildman–Crippen LogP) is 4.24. The highest BCUT2D eigenvalue weighted by Gasteiger charge is 2.21. The van der Waals surface area contributed by atoms with Crippen LogP contribution >= 0.6 is 11.6 Å². The molecule has 1 N–H and O–H groups in total. The zero-order valence-electron chi connectivity index (χ0n) is 15.9. The third-order valence-electron chi connectivity index (χ3n) is 3.91. The molecule has 2 aromatic rings. The van der Waals surface area contributed by atoms with Crippen molar-refractivity contribution in [1.29, 1.82) is 0 Å². The molecular formula is C21H27ClN2O2. The van der Waals surface area contributed by atoms with Gasteiger partial charge in [-0.25, -0.2) is 0 Å². The van der Waals surface area contributed by atoms with Crippen LogP contribution in [0.4, 0.5) is 0 Å². The van der Waals surface area contributed by atoms with Crippen LogP contribution in [0.1, 0.15) is 29.8 Å². The maximum atomic E-state index is 12.6. The quantitative estimate of drug-likeness (QED) is 0.751. The normalized spacial score (nSPS) is 11.5. The van der Waals surface area contributed by atoms with Crippen molar-refractivity contribution in [2.45, 2.75) is 20.5 Å². The number of carbonyl (C=O) groups is 1. The van der Waals surface area contributed by atoms with Crippen LogP contribution in [0.25, 0.3) is 0 Å². The van der Waals surface area contributed by atoms with E-state index in [1.165, 1.54) is 0 Å². The summed E-state index contributed by atoms with van der Waals surface area (Å²) in [6.07, 6.45) is 0. The van der Waals surface area contributed by atoms with Crippen LogP contribution in [0.3, 0.4) is 0 Å². The number of nitrogens with zero attached hydrogens (tertiary/aromatic N) is 1. The van der Waals surface area contributed by atoms with Gasteiger partial charge in [-0.1, -0.05) is 49.7 Å². The molecule has 0 atom stereocenters. The Morgan fingerprint density at radius 3 is 2.42 bits per heavy atom. The molecule has 0 radical (unpaired) electrons. The number of para-hydroxylation sites is 1. The molecule has 26 heavy (non-hydrogen) atoms. The van der Waals surface area contributed by atoms with Gasteiger partial charge in [-0.15, -0.1) is 0 Å². The number of carbonyl (C=O) groups excluding carboxylic acids is 1. The van der Waals surface area contributed by atoms with Crippen molar-refractivity contribution >= 4 is 17.5 Å². The summed E-state index contributed by atoms with van der Waals surface area (Å²) in [7, 11) is 4.06. The minimum Gasteiger partial charge on any atom is -0.488 e. The van der Waals surface area contributed by atoms with E-state index in [-0.39, 0.29) is 11.3 Å². The van der Waals surface area contributed by atoms with Crippen LogP contribution < -0.4 is 10.1 Å². The summed E-state index contributed by atoms with van der Waals surface area (Å²) in [4.78, 5) is 14.8. The van der Waals surface area contributed by atoms with Crippen LogP contribution in [0.5, 0.6) is 5.75 Å². The van der Waals surface area contributed by atoms with Gasteiger partial charge in [0, 0.05) is 18.1 Å². The summed E-state index contributed by atoms with van der Waals surface area (Å²) in [5, 5.41) is 3.72. The Morgan fingerprint density at radius 2 is 1.77 bits per heavy atom. The van der Waals surface area contributed by atoms with E-state index in [0.717, 1.165) is 12.1 Å². The van der Waals surface area contributed by atoms with E-state index >= 15 is 0 Å². The minimum absolute atomic E-state index is 0.0156. The number of nitrogens with one attached hydrogen (secondary N) is 1. The molecule has 140 valence electrons. The highest BCUT2D eigenvalue weighted by atomic mass is 35.5. The molecule has 0 aromatic heterocycles. The van der Waals surface area contributed by atoms with Crippen molar-refractivity contribution in [1.82, 2.24) is 10.2 Å². The molecule has 1 amide bonds. The average Bonchev–Trinajstić information content (AvgIpc) is 2.58. The number of hydrogen-bond acceptors (Lipinski definition) is 3. The third kappa shape index (κ3) is 6.36. The Labute approximate surface area is 161 Å². The van der Waals surface area contributed by atoms with Gasteiger partial charge in [-0.05, 0) is 49.3 Å². The maximum absolute atomic E-state index is 12.6. The average molecular weight is 375 g/mol. The molecule has 2 rings (SSSR count). The summed E-state index contributed by atoms with van der Waals surface area (Å²) < 4.78 is 5.87. The Kier molecular flexibility index (Phi) is 7.06. The summed E-state index contributed by atoms with van der Waals surface area (Å²) in [6.45, 7) is 6.14. The molecule has 4 nitrogen and oxygen atoms in total. The molecule has 0 aliphatic heterocycles. The molecule has 0 heterocycles. The summed E-state index contributed by atoms with van der Waals surface area (Å²) in [6, 6.07) is 14.8. The molecule has 0 spiro atoms. The van der Waals surface area contributed by atoms with Crippen molar-refractivity contribution < 1.29 is 9.53 Å². The lowest BCUT2D eigenvalue weighted by Gasteiger charge is -2.28. The van der Waals surface area contributed by atoms with Gasteiger partial charge < -0.3 is 15.0 Å². The number of hydrogen-bond donors (Lipinski definition) is 1. The van der Waals surface area contributed by atoms with Crippen molar-refractivity contribution in [3.63, 3.8) is 0 Å². The molecule has 0 saturated heterocycles. The SMILES string of the molecule is CN(C)CC(C)(C)CNC(=O)c1ccccc1OCc1ccc(Cl)cc1. The Bertz CT molecular complexity index is 727. The first kappa shape index (κ1) is 20.3. The molecule has 5 heteroatoms. The number of ether oxygens (including phenoxy) is 1. The topological polar surface area (TPSA) is 41.6 Å². The molecule has 0 bridgehead atoms. The first-order chi connectivity index (χ1) is 12.3. The standard InChI is InChI=1S/C21H27ClN2O2/c1-21(2,15-24(3)4)14-23-20(25)18-7-5-6-8-19(18)26-13-16-9-11-17(22)12-10-16/h5-12H,13-15H2,1-4H3,(H,23,25). The van der Waals surface area contributed by atoms with Crippen LogP contribution in [0, 0.1) is 5.41 Å². The van der Waals surface area contributed by atoms with Gasteiger partial charge in [-0.2, -0.15) is 0 Å². The highest BCUT2D eigenvalue weighted by Crippen LogP contribution is 2.21. The third-order valence-corrected chi connectivity index (χ3v) is 4.16. The molecule has 2 aromatic carbocycles. The molecular weight excluding hydrogens is 348 g/mol. The monoisotopic (exact) mass is 374 g/mol. The van der Waals surface area contributed by atoms with Gasteiger partial charge in [0.1, 0.15) is 12.4 Å². The Balaban J connectivity index is 2.00. The van der Waals surface area contributed by atoms with Crippen molar-refractivity contribution in [2.24, 2.45) is 5.41 Å². The fourth-order valence-corrected chi connectivity index (χ4v) is 2.97. The van der Waals surface area contributed by atoms with Crippen LogP contribution in [-0.4, -0.2) is 38.0 Å². The molecule has 0 fully saturated rings. The van der Waals surface area contributed by atoms with Gasteiger partial charge >= 0.3 is 0 Å². The molecule has 0 aliphatic rings. The maximum Gasteiger partial charge on any atom is 0.255 e. The van der Waals surface area contributed by atoms with Crippen LogP contribution in [0.2, 0.25) is 5.02 Å². The minimum atomic E-state index is -0.122. The number of benzene rings is 2. The predicted molar refractivity (Wildman–Crippen MR) is 107 cm³/mol. The van der Waals surface area contributed by atoms with E-state index in [4.69, 9.17) is 16.3 Å². The highest BCUT2D eigenvalue weighted by molar-refractivity contribution is 6.30. The van der Waals surface area contributed by atoms with Crippen molar-refractivity contribution in [3.05, 3.63) is 64.7 Å². The summed E-state index contributed by atoms with van der Waals surface area (Å²) in [5.74, 6) is 0.453. The lowest BCUT2D eigenvalue weighted by Crippen LogP contribution is -2.40.